The van der Waals surface area contributed by atoms with E-state index in [1.807, 2.05) is 44.2 Å². The van der Waals surface area contributed by atoms with Gasteiger partial charge in [-0.05, 0) is 19.4 Å². The first-order valence-electron chi connectivity index (χ1n) is 9.21. The lowest BCUT2D eigenvalue weighted by atomic mass is 10.1. The van der Waals surface area contributed by atoms with Crippen LogP contribution in [0, 0.1) is 0 Å². The summed E-state index contributed by atoms with van der Waals surface area (Å²) < 4.78 is 29.0. The van der Waals surface area contributed by atoms with Crippen LogP contribution in [0.5, 0.6) is 0 Å². The summed E-state index contributed by atoms with van der Waals surface area (Å²) in [6, 6.07) is 9.77. The molecule has 7 heteroatoms. The van der Waals surface area contributed by atoms with Gasteiger partial charge in [-0.25, -0.2) is 4.79 Å². The van der Waals surface area contributed by atoms with Crippen LogP contribution in [0.1, 0.15) is 19.4 Å². The van der Waals surface area contributed by atoms with Crippen LogP contribution < -0.4 is 0 Å². The number of rotatable bonds is 7. The lowest BCUT2D eigenvalue weighted by Gasteiger charge is -2.22. The standard InChI is InChI=1S/C20H28O6Si/c1-20(2)24-12-15(26-20)16-17(22-11-14-9-7-6-8-10-14)18(19(21)25-16)23-13-27(3,4)5/h6-10,15-16H,11-13H2,1-5H3. The van der Waals surface area contributed by atoms with Gasteiger partial charge in [0.15, 0.2) is 17.7 Å². The van der Waals surface area contributed by atoms with Crippen LogP contribution in [0.15, 0.2) is 41.9 Å². The lowest BCUT2D eigenvalue weighted by Crippen LogP contribution is -2.33. The van der Waals surface area contributed by atoms with Crippen molar-refractivity contribution in [2.75, 3.05) is 12.8 Å². The molecule has 1 fully saturated rings. The van der Waals surface area contributed by atoms with Crippen LogP contribution in [0.2, 0.25) is 19.6 Å². The van der Waals surface area contributed by atoms with Crippen LogP contribution in [-0.4, -0.2) is 44.9 Å². The van der Waals surface area contributed by atoms with Gasteiger partial charge in [0, 0.05) is 0 Å². The number of hydrogen-bond acceptors (Lipinski definition) is 6. The predicted octanol–water partition coefficient (Wildman–Crippen LogP) is 3.39. The third-order valence-corrected chi connectivity index (χ3v) is 5.17. The van der Waals surface area contributed by atoms with Crippen molar-refractivity contribution in [3.63, 3.8) is 0 Å². The van der Waals surface area contributed by atoms with Crippen molar-refractivity contribution in [3.8, 4) is 0 Å². The Labute approximate surface area is 161 Å². The number of esters is 1. The van der Waals surface area contributed by atoms with Gasteiger partial charge >= 0.3 is 5.97 Å². The van der Waals surface area contributed by atoms with E-state index >= 15 is 0 Å². The van der Waals surface area contributed by atoms with Crippen molar-refractivity contribution in [1.82, 2.24) is 0 Å². The van der Waals surface area contributed by atoms with Crippen LogP contribution in [-0.2, 0) is 35.1 Å². The number of carbonyl (C=O) groups is 1. The molecule has 2 heterocycles. The molecule has 1 saturated heterocycles. The van der Waals surface area contributed by atoms with Crippen molar-refractivity contribution in [2.24, 2.45) is 0 Å². The summed E-state index contributed by atoms with van der Waals surface area (Å²) in [7, 11) is -1.52. The van der Waals surface area contributed by atoms with Gasteiger partial charge < -0.3 is 23.7 Å². The molecular formula is C20H28O6Si. The first kappa shape index (κ1) is 19.9. The van der Waals surface area contributed by atoms with E-state index in [4.69, 9.17) is 23.7 Å². The smallest absolute Gasteiger partial charge is 0.378 e. The Morgan fingerprint density at radius 2 is 1.85 bits per heavy atom. The van der Waals surface area contributed by atoms with Crippen LogP contribution >= 0.6 is 0 Å². The highest BCUT2D eigenvalue weighted by atomic mass is 28.3. The predicted molar refractivity (Wildman–Crippen MR) is 102 cm³/mol. The van der Waals surface area contributed by atoms with Gasteiger partial charge in [0.1, 0.15) is 12.7 Å². The molecule has 0 aromatic heterocycles. The summed E-state index contributed by atoms with van der Waals surface area (Å²) >= 11 is 0. The highest BCUT2D eigenvalue weighted by Crippen LogP contribution is 2.34. The minimum Gasteiger partial charge on any atom is -0.488 e. The first-order valence-corrected chi connectivity index (χ1v) is 12.9. The highest BCUT2D eigenvalue weighted by Gasteiger charge is 2.48. The molecule has 3 rings (SSSR count). The SMILES string of the molecule is CC1(C)OCC(C2OC(=O)C(OC[Si](C)(C)C)=C2OCc2ccccc2)O1. The van der Waals surface area contributed by atoms with Gasteiger partial charge in [0.2, 0.25) is 5.76 Å². The number of benzene rings is 1. The molecule has 2 aliphatic rings. The summed E-state index contributed by atoms with van der Waals surface area (Å²) in [4.78, 5) is 12.5. The lowest BCUT2D eigenvalue weighted by molar-refractivity contribution is -0.163. The van der Waals surface area contributed by atoms with E-state index in [9.17, 15) is 4.79 Å². The summed E-state index contributed by atoms with van der Waals surface area (Å²) in [5.74, 6) is -0.668. The largest absolute Gasteiger partial charge is 0.488 e. The summed E-state index contributed by atoms with van der Waals surface area (Å²) in [5, 5.41) is 0. The molecule has 0 N–H and O–H groups in total. The molecule has 0 radical (unpaired) electrons. The zero-order valence-corrected chi connectivity index (χ0v) is 17.6. The van der Waals surface area contributed by atoms with Gasteiger partial charge in [-0.1, -0.05) is 50.0 Å². The Morgan fingerprint density at radius 3 is 2.44 bits per heavy atom. The molecule has 0 spiro atoms. The Bertz CT molecular complexity index is 707. The topological polar surface area (TPSA) is 63.2 Å². The van der Waals surface area contributed by atoms with Crippen molar-refractivity contribution in [2.45, 2.75) is 58.1 Å². The number of cyclic esters (lactones) is 1. The van der Waals surface area contributed by atoms with E-state index < -0.39 is 32.0 Å². The average Bonchev–Trinajstić information content (AvgIpc) is 3.10. The van der Waals surface area contributed by atoms with E-state index in [2.05, 4.69) is 19.6 Å². The monoisotopic (exact) mass is 392 g/mol. The normalized spacial score (nSPS) is 24.9. The Balaban J connectivity index is 1.81. The van der Waals surface area contributed by atoms with Gasteiger partial charge in [-0.15, -0.1) is 0 Å². The Morgan fingerprint density at radius 1 is 1.15 bits per heavy atom. The summed E-state index contributed by atoms with van der Waals surface area (Å²) in [5.41, 5.74) is 0.997. The van der Waals surface area contributed by atoms with E-state index in [0.29, 0.717) is 25.2 Å². The zero-order valence-electron chi connectivity index (χ0n) is 16.6. The number of carbonyl (C=O) groups excluding carboxylic acids is 1. The zero-order chi connectivity index (χ0) is 19.7. The van der Waals surface area contributed by atoms with Crippen LogP contribution in [0.3, 0.4) is 0 Å². The summed E-state index contributed by atoms with van der Waals surface area (Å²) in [6.07, 6.45) is -0.585. The van der Waals surface area contributed by atoms with Crippen LogP contribution in [0.4, 0.5) is 0 Å². The van der Waals surface area contributed by atoms with E-state index in [-0.39, 0.29) is 5.76 Å². The molecule has 1 aromatic carbocycles. The molecule has 6 nitrogen and oxygen atoms in total. The maximum absolute atomic E-state index is 12.5. The molecular weight excluding hydrogens is 364 g/mol. The second kappa shape index (κ2) is 7.65. The Hall–Kier alpha value is -1.83. The maximum atomic E-state index is 12.5. The van der Waals surface area contributed by atoms with Gasteiger partial charge in [0.05, 0.1) is 20.9 Å². The molecule has 0 saturated carbocycles. The molecule has 2 unspecified atom stereocenters. The molecule has 2 aliphatic heterocycles. The van der Waals surface area contributed by atoms with E-state index in [1.54, 1.807) is 0 Å². The second-order valence-electron chi connectivity index (χ2n) is 8.51. The third kappa shape index (κ3) is 5.12. The van der Waals surface area contributed by atoms with Gasteiger partial charge in [-0.3, -0.25) is 0 Å². The third-order valence-electron chi connectivity index (χ3n) is 4.16. The molecule has 0 amide bonds. The number of hydrogen-bond donors (Lipinski definition) is 0. The highest BCUT2D eigenvalue weighted by molar-refractivity contribution is 6.76. The van der Waals surface area contributed by atoms with Crippen molar-refractivity contribution in [3.05, 3.63) is 47.4 Å². The Kier molecular flexibility index (Phi) is 5.65. The van der Waals surface area contributed by atoms with Crippen molar-refractivity contribution in [1.29, 1.82) is 0 Å². The quantitative estimate of drug-likeness (QED) is 0.524. The fraction of sp³-hybridized carbons (Fsp3) is 0.550. The van der Waals surface area contributed by atoms with Crippen molar-refractivity contribution < 1.29 is 28.5 Å². The second-order valence-corrected chi connectivity index (χ2v) is 13.9. The molecule has 148 valence electrons. The minimum absolute atomic E-state index is 0.159. The van der Waals surface area contributed by atoms with Crippen molar-refractivity contribution >= 4 is 14.0 Å². The fourth-order valence-electron chi connectivity index (χ4n) is 2.86. The average molecular weight is 393 g/mol. The molecule has 27 heavy (non-hydrogen) atoms. The van der Waals surface area contributed by atoms with E-state index in [0.717, 1.165) is 5.56 Å². The molecule has 2 atom stereocenters. The first-order chi connectivity index (χ1) is 12.6. The van der Waals surface area contributed by atoms with Gasteiger partial charge in [0.25, 0.3) is 0 Å². The minimum atomic E-state index is -1.52. The molecule has 0 aliphatic carbocycles. The molecule has 0 bridgehead atoms. The maximum Gasteiger partial charge on any atom is 0.378 e. The van der Waals surface area contributed by atoms with E-state index in [1.165, 1.54) is 0 Å². The van der Waals surface area contributed by atoms with Crippen LogP contribution in [0.25, 0.3) is 0 Å². The molecule has 1 aromatic rings. The van der Waals surface area contributed by atoms with Gasteiger partial charge in [-0.2, -0.15) is 0 Å². The number of ether oxygens (including phenoxy) is 5. The fourth-order valence-corrected chi connectivity index (χ4v) is 3.44. The summed E-state index contributed by atoms with van der Waals surface area (Å²) in [6.45, 7) is 10.8.